The first-order chi connectivity index (χ1) is 13.0. The summed E-state index contributed by atoms with van der Waals surface area (Å²) >= 11 is 1.13. The quantitative estimate of drug-likeness (QED) is 0.376. The monoisotopic (exact) mass is 384 g/mol. The van der Waals surface area contributed by atoms with E-state index < -0.39 is 4.92 Å². The number of carbonyl (C=O) groups excluding carboxylic acids is 1. The second kappa shape index (κ2) is 8.45. The highest BCUT2D eigenvalue weighted by molar-refractivity contribution is 7.99. The highest BCUT2D eigenvalue weighted by atomic mass is 32.2. The van der Waals surface area contributed by atoms with Crippen LogP contribution in [-0.2, 0) is 11.2 Å². The summed E-state index contributed by atoms with van der Waals surface area (Å²) in [5.41, 5.74) is 2.19. The van der Waals surface area contributed by atoms with E-state index >= 15 is 0 Å². The molecule has 0 fully saturated rings. The molecule has 0 saturated carbocycles. The van der Waals surface area contributed by atoms with E-state index in [1.807, 2.05) is 30.3 Å². The maximum absolute atomic E-state index is 12.1. The average molecular weight is 384 g/mol. The van der Waals surface area contributed by atoms with Gasteiger partial charge in [-0.25, -0.2) is 0 Å². The van der Waals surface area contributed by atoms with Gasteiger partial charge in [0.05, 0.1) is 17.1 Å². The van der Waals surface area contributed by atoms with Gasteiger partial charge < -0.3 is 9.73 Å². The lowest BCUT2D eigenvalue weighted by atomic mass is 10.2. The minimum absolute atomic E-state index is 0.0170. The van der Waals surface area contributed by atoms with Crippen molar-refractivity contribution in [3.8, 4) is 0 Å². The topological polar surface area (TPSA) is 111 Å². The number of hydrogen-bond acceptors (Lipinski definition) is 7. The van der Waals surface area contributed by atoms with Gasteiger partial charge in [-0.3, -0.25) is 14.9 Å². The van der Waals surface area contributed by atoms with Gasteiger partial charge in [0.2, 0.25) is 11.8 Å². The summed E-state index contributed by atoms with van der Waals surface area (Å²) in [5, 5.41) is 21.7. The number of carbonyl (C=O) groups is 1. The van der Waals surface area contributed by atoms with Crippen LogP contribution in [0.5, 0.6) is 0 Å². The van der Waals surface area contributed by atoms with Crippen molar-refractivity contribution < 1.29 is 14.1 Å². The second-order valence-electron chi connectivity index (χ2n) is 5.72. The number of non-ortho nitro benzene ring substituents is 1. The summed E-state index contributed by atoms with van der Waals surface area (Å²) < 4.78 is 5.54. The van der Waals surface area contributed by atoms with Gasteiger partial charge >= 0.3 is 0 Å². The summed E-state index contributed by atoms with van der Waals surface area (Å²) in [7, 11) is 0. The van der Waals surface area contributed by atoms with Crippen LogP contribution < -0.4 is 5.32 Å². The smallest absolute Gasteiger partial charge is 0.277 e. The Bertz CT molecular complexity index is 959. The standard InChI is InChI=1S/C18H16N4O4S/c1-12-9-14(22(24)25)7-8-15(12)19-16(23)11-27-18-21-20-17(26-18)10-13-5-3-2-4-6-13/h2-9H,10-11H2,1H3,(H,19,23). The zero-order chi connectivity index (χ0) is 19.2. The summed E-state index contributed by atoms with van der Waals surface area (Å²) in [6, 6.07) is 14.0. The Kier molecular flexibility index (Phi) is 5.82. The number of nitrogens with zero attached hydrogens (tertiary/aromatic N) is 3. The number of anilines is 1. The normalized spacial score (nSPS) is 10.6. The predicted octanol–water partition coefficient (Wildman–Crippen LogP) is 3.61. The fourth-order valence-electron chi connectivity index (χ4n) is 2.35. The number of nitro groups is 1. The van der Waals surface area contributed by atoms with Gasteiger partial charge in [-0.2, -0.15) is 0 Å². The van der Waals surface area contributed by atoms with Crippen molar-refractivity contribution in [2.24, 2.45) is 0 Å². The molecule has 1 heterocycles. The van der Waals surface area contributed by atoms with Crippen molar-refractivity contribution in [1.29, 1.82) is 0 Å². The van der Waals surface area contributed by atoms with Crippen LogP contribution in [0.1, 0.15) is 17.0 Å². The molecule has 3 rings (SSSR count). The maximum Gasteiger partial charge on any atom is 0.277 e. The molecule has 0 aliphatic heterocycles. The molecule has 3 aromatic rings. The molecule has 1 aromatic heterocycles. The Morgan fingerprint density at radius 3 is 2.70 bits per heavy atom. The third-order valence-corrected chi connectivity index (χ3v) is 4.49. The molecule has 0 saturated heterocycles. The SMILES string of the molecule is Cc1cc([N+](=O)[O-])ccc1NC(=O)CSc1nnc(Cc2ccccc2)o1. The Hall–Kier alpha value is -3.20. The Labute approximate surface area is 159 Å². The molecule has 0 aliphatic carbocycles. The number of amides is 1. The van der Waals surface area contributed by atoms with E-state index in [1.54, 1.807) is 6.92 Å². The van der Waals surface area contributed by atoms with E-state index in [-0.39, 0.29) is 17.3 Å². The van der Waals surface area contributed by atoms with E-state index in [0.29, 0.717) is 28.8 Å². The highest BCUT2D eigenvalue weighted by Gasteiger charge is 2.13. The average Bonchev–Trinajstić information content (AvgIpc) is 3.10. The molecule has 138 valence electrons. The molecular weight excluding hydrogens is 368 g/mol. The first-order valence-electron chi connectivity index (χ1n) is 8.05. The van der Waals surface area contributed by atoms with Gasteiger partial charge in [-0.1, -0.05) is 42.1 Å². The number of nitro benzene ring substituents is 1. The zero-order valence-electron chi connectivity index (χ0n) is 14.4. The predicted molar refractivity (Wildman–Crippen MR) is 101 cm³/mol. The van der Waals surface area contributed by atoms with Crippen molar-refractivity contribution in [1.82, 2.24) is 10.2 Å². The lowest BCUT2D eigenvalue weighted by Crippen LogP contribution is -2.14. The molecule has 0 unspecified atom stereocenters. The maximum atomic E-state index is 12.1. The van der Waals surface area contributed by atoms with Crippen molar-refractivity contribution in [3.05, 3.63) is 75.7 Å². The zero-order valence-corrected chi connectivity index (χ0v) is 15.2. The highest BCUT2D eigenvalue weighted by Crippen LogP contribution is 2.22. The molecule has 1 N–H and O–H groups in total. The number of nitrogens with one attached hydrogen (secondary N) is 1. The van der Waals surface area contributed by atoms with E-state index in [0.717, 1.165) is 17.3 Å². The first-order valence-corrected chi connectivity index (χ1v) is 9.04. The molecular formula is C18H16N4O4S. The largest absolute Gasteiger partial charge is 0.416 e. The van der Waals surface area contributed by atoms with Crippen LogP contribution in [0.25, 0.3) is 0 Å². The third kappa shape index (κ3) is 5.14. The van der Waals surface area contributed by atoms with E-state index in [4.69, 9.17) is 4.42 Å². The first kappa shape index (κ1) is 18.6. The molecule has 0 atom stereocenters. The molecule has 2 aromatic carbocycles. The van der Waals surface area contributed by atoms with E-state index in [2.05, 4.69) is 15.5 Å². The molecule has 0 radical (unpaired) electrons. The molecule has 27 heavy (non-hydrogen) atoms. The van der Waals surface area contributed by atoms with Crippen LogP contribution in [0.15, 0.2) is 58.2 Å². The number of benzene rings is 2. The van der Waals surface area contributed by atoms with Gasteiger partial charge in [-0.15, -0.1) is 10.2 Å². The van der Waals surface area contributed by atoms with Crippen LogP contribution in [0.3, 0.4) is 0 Å². The Balaban J connectivity index is 1.53. The Morgan fingerprint density at radius 1 is 1.22 bits per heavy atom. The van der Waals surface area contributed by atoms with Crippen molar-refractivity contribution >= 4 is 29.0 Å². The molecule has 1 amide bonds. The summed E-state index contributed by atoms with van der Waals surface area (Å²) in [6.45, 7) is 1.70. The number of hydrogen-bond donors (Lipinski definition) is 1. The lowest BCUT2D eigenvalue weighted by molar-refractivity contribution is -0.384. The molecule has 0 bridgehead atoms. The van der Waals surface area contributed by atoms with Crippen LogP contribution >= 0.6 is 11.8 Å². The number of rotatable bonds is 7. The van der Waals surface area contributed by atoms with Crippen LogP contribution in [0.4, 0.5) is 11.4 Å². The second-order valence-corrected chi connectivity index (χ2v) is 6.64. The summed E-state index contributed by atoms with van der Waals surface area (Å²) in [6.07, 6.45) is 0.530. The number of aryl methyl sites for hydroxylation is 1. The van der Waals surface area contributed by atoms with Crippen molar-refractivity contribution in [2.45, 2.75) is 18.6 Å². The van der Waals surface area contributed by atoms with Crippen LogP contribution in [0, 0.1) is 17.0 Å². The summed E-state index contributed by atoms with van der Waals surface area (Å²) in [5.74, 6) is 0.304. The van der Waals surface area contributed by atoms with E-state index in [9.17, 15) is 14.9 Å². The third-order valence-electron chi connectivity index (χ3n) is 3.67. The van der Waals surface area contributed by atoms with Gasteiger partial charge in [0.15, 0.2) is 0 Å². The van der Waals surface area contributed by atoms with Gasteiger partial charge in [0.1, 0.15) is 0 Å². The van der Waals surface area contributed by atoms with Crippen molar-refractivity contribution in [3.63, 3.8) is 0 Å². The van der Waals surface area contributed by atoms with Gasteiger partial charge in [-0.05, 0) is 24.1 Å². The fraction of sp³-hybridized carbons (Fsp3) is 0.167. The van der Waals surface area contributed by atoms with Crippen LogP contribution in [0.2, 0.25) is 0 Å². The Morgan fingerprint density at radius 2 is 2.00 bits per heavy atom. The summed E-state index contributed by atoms with van der Waals surface area (Å²) in [4.78, 5) is 22.4. The minimum atomic E-state index is -0.475. The number of thioether (sulfide) groups is 1. The lowest BCUT2D eigenvalue weighted by Gasteiger charge is -2.07. The van der Waals surface area contributed by atoms with E-state index in [1.165, 1.54) is 18.2 Å². The van der Waals surface area contributed by atoms with Crippen LogP contribution in [-0.4, -0.2) is 26.8 Å². The molecule has 0 spiro atoms. The molecule has 9 heteroatoms. The molecule has 0 aliphatic rings. The minimum Gasteiger partial charge on any atom is -0.416 e. The van der Waals surface area contributed by atoms with Crippen molar-refractivity contribution in [2.75, 3.05) is 11.1 Å². The molecule has 8 nitrogen and oxygen atoms in total. The number of aromatic nitrogens is 2. The van der Waals surface area contributed by atoms with Gasteiger partial charge in [0.25, 0.3) is 10.9 Å². The fourth-order valence-corrected chi connectivity index (χ4v) is 2.93. The van der Waals surface area contributed by atoms with Gasteiger partial charge in [0, 0.05) is 17.8 Å².